The second-order valence-corrected chi connectivity index (χ2v) is 5.23. The molecule has 1 heterocycles. The second kappa shape index (κ2) is 5.93. The van der Waals surface area contributed by atoms with Crippen LogP contribution in [0, 0.1) is 0 Å². The molecule has 0 unspecified atom stereocenters. The van der Waals surface area contributed by atoms with Crippen LogP contribution in [0.4, 0.5) is 0 Å². The van der Waals surface area contributed by atoms with Gasteiger partial charge < -0.3 is 0 Å². The van der Waals surface area contributed by atoms with Gasteiger partial charge in [-0.05, 0) is 24.3 Å². The van der Waals surface area contributed by atoms with E-state index < -0.39 is 0 Å². The Balaban J connectivity index is 2.04. The molecule has 0 saturated carbocycles. The summed E-state index contributed by atoms with van der Waals surface area (Å²) in [6.45, 7) is 0. The Hall–Kier alpha value is -1.20. The lowest BCUT2D eigenvalue weighted by atomic mass is 10.4. The van der Waals surface area contributed by atoms with E-state index >= 15 is 0 Å². The summed E-state index contributed by atoms with van der Waals surface area (Å²) in [5, 5.41) is 0. The van der Waals surface area contributed by atoms with E-state index in [0.717, 1.165) is 15.7 Å². The monoisotopic (exact) mass is 308 g/mol. The largest absolute Gasteiger partial charge is 0.296 e. The quantitative estimate of drug-likeness (QED) is 0.642. The molecule has 5 heteroatoms. The van der Waals surface area contributed by atoms with Crippen LogP contribution in [0.3, 0.4) is 0 Å². The summed E-state index contributed by atoms with van der Waals surface area (Å²) >= 11 is 5.06. The average molecular weight is 309 g/mol. The maximum Gasteiger partial charge on any atom is 0.168 e. The first-order valence-corrected chi connectivity index (χ1v) is 6.71. The first-order valence-electron chi connectivity index (χ1n) is 4.93. The number of halogens is 1. The summed E-state index contributed by atoms with van der Waals surface area (Å²) in [5.74, 6) is 1.32. The number of rotatable bonds is 4. The molecule has 2 rings (SSSR count). The van der Waals surface area contributed by atoms with Gasteiger partial charge in [0.25, 0.3) is 0 Å². The van der Waals surface area contributed by atoms with Crippen LogP contribution in [-0.4, -0.2) is 16.3 Å². The molecule has 1 aromatic heterocycles. The highest BCUT2D eigenvalue weighted by molar-refractivity contribution is 9.10. The van der Waals surface area contributed by atoms with Gasteiger partial charge in [-0.25, -0.2) is 9.97 Å². The summed E-state index contributed by atoms with van der Waals surface area (Å²) in [7, 11) is 0. The molecule has 0 atom stereocenters. The topological polar surface area (TPSA) is 42.9 Å². The number of hydrogen-bond acceptors (Lipinski definition) is 4. The van der Waals surface area contributed by atoms with Gasteiger partial charge in [0, 0.05) is 15.6 Å². The highest BCUT2D eigenvalue weighted by atomic mass is 79.9. The molecule has 0 radical (unpaired) electrons. The molecular weight excluding hydrogens is 300 g/mol. The predicted octanol–water partition coefficient (Wildman–Crippen LogP) is 3.34. The zero-order chi connectivity index (χ0) is 12.1. The van der Waals surface area contributed by atoms with Gasteiger partial charge in [0.2, 0.25) is 0 Å². The maximum absolute atomic E-state index is 10.6. The van der Waals surface area contributed by atoms with E-state index in [1.54, 1.807) is 24.0 Å². The van der Waals surface area contributed by atoms with Crippen molar-refractivity contribution in [3.8, 4) is 0 Å². The highest BCUT2D eigenvalue weighted by Gasteiger charge is 2.01. The molecule has 86 valence electrons. The predicted molar refractivity (Wildman–Crippen MR) is 71.1 cm³/mol. The molecule has 0 fully saturated rings. The molecule has 0 bridgehead atoms. The van der Waals surface area contributed by atoms with Gasteiger partial charge in [-0.3, -0.25) is 4.79 Å². The van der Waals surface area contributed by atoms with E-state index in [0.29, 0.717) is 17.3 Å². The van der Waals surface area contributed by atoms with Gasteiger partial charge in [0.05, 0.1) is 5.75 Å². The molecule has 3 nitrogen and oxygen atoms in total. The summed E-state index contributed by atoms with van der Waals surface area (Å²) in [4.78, 5) is 20.0. The van der Waals surface area contributed by atoms with Crippen LogP contribution in [0.15, 0.2) is 45.9 Å². The van der Waals surface area contributed by atoms with Crippen LogP contribution in [0.2, 0.25) is 0 Å². The van der Waals surface area contributed by atoms with E-state index in [9.17, 15) is 4.79 Å². The Morgan fingerprint density at radius 1 is 1.35 bits per heavy atom. The smallest absolute Gasteiger partial charge is 0.168 e. The minimum absolute atomic E-state index is 0.421. The van der Waals surface area contributed by atoms with Crippen LogP contribution >= 0.6 is 27.7 Å². The van der Waals surface area contributed by atoms with Crippen molar-refractivity contribution in [2.24, 2.45) is 0 Å². The minimum Gasteiger partial charge on any atom is -0.296 e. The summed E-state index contributed by atoms with van der Waals surface area (Å²) in [5.41, 5.74) is 0.421. The Kier molecular flexibility index (Phi) is 4.28. The Morgan fingerprint density at radius 2 is 2.24 bits per heavy atom. The van der Waals surface area contributed by atoms with Gasteiger partial charge in [0.1, 0.15) is 11.5 Å². The molecule has 0 saturated heterocycles. The molecule has 1 aromatic carbocycles. The van der Waals surface area contributed by atoms with Crippen molar-refractivity contribution in [1.82, 2.24) is 9.97 Å². The fourth-order valence-corrected chi connectivity index (χ4v) is 2.63. The normalized spacial score (nSPS) is 10.2. The van der Waals surface area contributed by atoms with Crippen molar-refractivity contribution in [1.29, 1.82) is 0 Å². The Morgan fingerprint density at radius 3 is 3.00 bits per heavy atom. The number of carbonyl (C=O) groups excluding carboxylic acids is 1. The first kappa shape index (κ1) is 12.3. The lowest BCUT2D eigenvalue weighted by Crippen LogP contribution is -1.95. The lowest BCUT2D eigenvalue weighted by Gasteiger charge is -2.01. The zero-order valence-electron chi connectivity index (χ0n) is 8.84. The molecule has 0 N–H and O–H groups in total. The van der Waals surface area contributed by atoms with Crippen LogP contribution in [0.5, 0.6) is 0 Å². The van der Waals surface area contributed by atoms with E-state index in [1.165, 1.54) is 0 Å². The van der Waals surface area contributed by atoms with Gasteiger partial charge in [-0.1, -0.05) is 22.0 Å². The van der Waals surface area contributed by atoms with Crippen molar-refractivity contribution in [3.63, 3.8) is 0 Å². The molecule has 0 aliphatic heterocycles. The molecule has 0 amide bonds. The van der Waals surface area contributed by atoms with Crippen LogP contribution < -0.4 is 0 Å². The highest BCUT2D eigenvalue weighted by Crippen LogP contribution is 2.24. The van der Waals surface area contributed by atoms with Crippen LogP contribution in [0.1, 0.15) is 16.3 Å². The summed E-state index contributed by atoms with van der Waals surface area (Å²) in [6, 6.07) is 9.62. The van der Waals surface area contributed by atoms with Crippen LogP contribution in [0.25, 0.3) is 0 Å². The SMILES string of the molecule is O=Cc1ccnc(CSc2cccc(Br)c2)n1. The standard InChI is InChI=1S/C12H9BrN2OS/c13-9-2-1-3-11(6-9)17-8-12-14-5-4-10(7-16)15-12/h1-7H,8H2. The minimum atomic E-state index is 0.421. The van der Waals surface area contributed by atoms with Crippen molar-refractivity contribution < 1.29 is 4.79 Å². The maximum atomic E-state index is 10.6. The van der Waals surface area contributed by atoms with E-state index in [-0.39, 0.29) is 0 Å². The van der Waals surface area contributed by atoms with Gasteiger partial charge in [0.15, 0.2) is 6.29 Å². The first-order chi connectivity index (χ1) is 8.28. The molecule has 0 spiro atoms. The summed E-state index contributed by atoms with van der Waals surface area (Å²) < 4.78 is 1.05. The third-order valence-electron chi connectivity index (χ3n) is 2.01. The number of thioether (sulfide) groups is 1. The van der Waals surface area contributed by atoms with E-state index in [4.69, 9.17) is 0 Å². The van der Waals surface area contributed by atoms with Crippen LogP contribution in [-0.2, 0) is 5.75 Å². The van der Waals surface area contributed by atoms with Crippen molar-refractivity contribution >= 4 is 34.0 Å². The number of aromatic nitrogens is 2. The van der Waals surface area contributed by atoms with Gasteiger partial charge in [-0.15, -0.1) is 11.8 Å². The fraction of sp³-hybridized carbons (Fsp3) is 0.0833. The van der Waals surface area contributed by atoms with Crippen molar-refractivity contribution in [2.75, 3.05) is 0 Å². The average Bonchev–Trinajstić information content (AvgIpc) is 2.37. The number of aldehydes is 1. The number of nitrogens with zero attached hydrogens (tertiary/aromatic N) is 2. The number of benzene rings is 1. The van der Waals surface area contributed by atoms with E-state index in [2.05, 4.69) is 25.9 Å². The summed E-state index contributed by atoms with van der Waals surface area (Å²) in [6.07, 6.45) is 2.34. The molecule has 17 heavy (non-hydrogen) atoms. The number of carbonyl (C=O) groups is 1. The van der Waals surface area contributed by atoms with Crippen molar-refractivity contribution in [2.45, 2.75) is 10.6 Å². The van der Waals surface area contributed by atoms with Crippen molar-refractivity contribution in [3.05, 3.63) is 52.5 Å². The second-order valence-electron chi connectivity index (χ2n) is 3.26. The fourth-order valence-electron chi connectivity index (χ4n) is 1.25. The third kappa shape index (κ3) is 3.64. The Labute approximate surface area is 112 Å². The molecule has 2 aromatic rings. The zero-order valence-corrected chi connectivity index (χ0v) is 11.2. The molecular formula is C12H9BrN2OS. The van der Waals surface area contributed by atoms with Gasteiger partial charge >= 0.3 is 0 Å². The lowest BCUT2D eigenvalue weighted by molar-refractivity contribution is 0.111. The molecule has 0 aliphatic carbocycles. The third-order valence-corrected chi connectivity index (χ3v) is 3.49. The molecule has 0 aliphatic rings. The Bertz CT molecular complexity index is 533. The van der Waals surface area contributed by atoms with Gasteiger partial charge in [-0.2, -0.15) is 0 Å². The van der Waals surface area contributed by atoms with E-state index in [1.807, 2.05) is 24.3 Å². The number of hydrogen-bond donors (Lipinski definition) is 0.